The summed E-state index contributed by atoms with van der Waals surface area (Å²) >= 11 is 5.73. The molecule has 0 spiro atoms. The van der Waals surface area contributed by atoms with Gasteiger partial charge in [-0.25, -0.2) is 0 Å². The number of hydrogen-bond donors (Lipinski definition) is 1. The summed E-state index contributed by atoms with van der Waals surface area (Å²) < 4.78 is 5.38. The molecule has 0 bridgehead atoms. The highest BCUT2D eigenvalue weighted by molar-refractivity contribution is 6.33. The van der Waals surface area contributed by atoms with E-state index in [0.717, 1.165) is 0 Å². The molecule has 0 saturated carbocycles. The van der Waals surface area contributed by atoms with Crippen LogP contribution in [-0.4, -0.2) is 23.2 Å². The minimum atomic E-state index is -0.591. The second kappa shape index (κ2) is 4.37. The van der Waals surface area contributed by atoms with Crippen molar-refractivity contribution in [1.29, 1.82) is 0 Å². The van der Waals surface area contributed by atoms with Gasteiger partial charge < -0.3 is 10.1 Å². The van der Waals surface area contributed by atoms with E-state index >= 15 is 0 Å². The lowest BCUT2D eigenvalue weighted by molar-refractivity contribution is -0.122. The number of ether oxygens (including phenoxy) is 1. The molecule has 5 heteroatoms. The predicted octanol–water partition coefficient (Wildman–Crippen LogP) is 2.22. The largest absolute Gasteiger partial charge is 0.479 e. The molecule has 1 aliphatic rings. The number of alkyl halides is 1. The van der Waals surface area contributed by atoms with Gasteiger partial charge in [0.2, 0.25) is 0 Å². The van der Waals surface area contributed by atoms with Gasteiger partial charge >= 0.3 is 0 Å². The van der Waals surface area contributed by atoms with Gasteiger partial charge in [0.15, 0.2) is 11.9 Å². The third-order valence-electron chi connectivity index (χ3n) is 2.56. The lowest BCUT2D eigenvalue weighted by Gasteiger charge is -2.23. The summed E-state index contributed by atoms with van der Waals surface area (Å²) in [5.41, 5.74) is 0.973. The van der Waals surface area contributed by atoms with Crippen LogP contribution in [0.15, 0.2) is 18.2 Å². The quantitative estimate of drug-likeness (QED) is 0.649. The number of hydrogen-bond acceptors (Lipinski definition) is 3. The van der Waals surface area contributed by atoms with E-state index in [1.807, 2.05) is 0 Å². The Hall–Kier alpha value is -1.55. The second-order valence-corrected chi connectivity index (χ2v) is 4.60. The highest BCUT2D eigenvalue weighted by atomic mass is 35.5. The number of Topliss-reactive ketones (excluding diaryl/α,β-unsaturated/α-hetero) is 1. The minimum absolute atomic E-state index is 0.178. The minimum Gasteiger partial charge on any atom is -0.479 e. The maximum atomic E-state index is 11.7. The maximum Gasteiger partial charge on any atom is 0.265 e. The summed E-state index contributed by atoms with van der Waals surface area (Å²) in [6.07, 6.45) is -0.518. The molecule has 17 heavy (non-hydrogen) atoms. The van der Waals surface area contributed by atoms with Crippen LogP contribution in [0.4, 0.5) is 5.69 Å². The molecule has 0 radical (unpaired) electrons. The number of ketones is 1. The van der Waals surface area contributed by atoms with Crippen molar-refractivity contribution < 1.29 is 14.3 Å². The fraction of sp³-hybridized carbons (Fsp3) is 0.333. The molecule has 1 amide bonds. The van der Waals surface area contributed by atoms with Gasteiger partial charge in [-0.1, -0.05) is 0 Å². The third kappa shape index (κ3) is 2.26. The SMILES string of the molecule is C[C@@H](Cl)C(=O)c1ccc2c(c1)NC(=O)[C@@H](C)O2. The first-order chi connectivity index (χ1) is 7.99. The van der Waals surface area contributed by atoms with Crippen molar-refractivity contribution in [3.05, 3.63) is 23.8 Å². The Balaban J connectivity index is 2.35. The van der Waals surface area contributed by atoms with Crippen LogP contribution in [0.5, 0.6) is 5.75 Å². The number of carbonyl (C=O) groups is 2. The summed E-state index contributed by atoms with van der Waals surface area (Å²) in [7, 11) is 0. The van der Waals surface area contributed by atoms with Gasteiger partial charge in [0.25, 0.3) is 5.91 Å². The van der Waals surface area contributed by atoms with Crippen LogP contribution in [0.3, 0.4) is 0 Å². The van der Waals surface area contributed by atoms with Crippen LogP contribution < -0.4 is 10.1 Å². The number of amides is 1. The number of fused-ring (bicyclic) bond motifs is 1. The lowest BCUT2D eigenvalue weighted by Crippen LogP contribution is -2.34. The average Bonchev–Trinajstić information content (AvgIpc) is 2.29. The molecule has 0 saturated heterocycles. The van der Waals surface area contributed by atoms with Crippen molar-refractivity contribution in [3.63, 3.8) is 0 Å². The first kappa shape index (κ1) is 11.9. The van der Waals surface area contributed by atoms with Gasteiger partial charge in [-0.2, -0.15) is 0 Å². The first-order valence-electron chi connectivity index (χ1n) is 5.29. The van der Waals surface area contributed by atoms with Gasteiger partial charge in [0.05, 0.1) is 11.1 Å². The van der Waals surface area contributed by atoms with Gasteiger partial charge in [-0.3, -0.25) is 9.59 Å². The van der Waals surface area contributed by atoms with E-state index in [4.69, 9.17) is 16.3 Å². The van der Waals surface area contributed by atoms with Crippen molar-refractivity contribution in [1.82, 2.24) is 0 Å². The maximum absolute atomic E-state index is 11.7. The Kier molecular flexibility index (Phi) is 3.07. The van der Waals surface area contributed by atoms with E-state index in [9.17, 15) is 9.59 Å². The molecule has 2 atom stereocenters. The molecule has 2 rings (SSSR count). The summed E-state index contributed by atoms with van der Waals surface area (Å²) in [4.78, 5) is 23.1. The highest BCUT2D eigenvalue weighted by Gasteiger charge is 2.24. The molecule has 4 nitrogen and oxygen atoms in total. The van der Waals surface area contributed by atoms with Crippen molar-refractivity contribution in [2.45, 2.75) is 25.3 Å². The molecule has 0 fully saturated rings. The number of benzene rings is 1. The number of rotatable bonds is 2. The Bertz CT molecular complexity index is 485. The Labute approximate surface area is 104 Å². The lowest BCUT2D eigenvalue weighted by atomic mass is 10.1. The highest BCUT2D eigenvalue weighted by Crippen LogP contribution is 2.30. The Morgan fingerprint density at radius 1 is 1.53 bits per heavy atom. The molecule has 90 valence electrons. The Morgan fingerprint density at radius 2 is 2.24 bits per heavy atom. The molecule has 0 aliphatic carbocycles. The molecule has 1 aromatic rings. The molecular weight excluding hydrogens is 242 g/mol. The normalized spacial score (nSPS) is 19.9. The molecule has 1 aliphatic heterocycles. The van der Waals surface area contributed by atoms with Crippen LogP contribution in [-0.2, 0) is 4.79 Å². The van der Waals surface area contributed by atoms with E-state index in [1.165, 1.54) is 0 Å². The molecule has 0 aromatic heterocycles. The number of anilines is 1. The van der Waals surface area contributed by atoms with Crippen molar-refractivity contribution in [3.8, 4) is 5.75 Å². The van der Waals surface area contributed by atoms with E-state index in [2.05, 4.69) is 5.32 Å². The predicted molar refractivity (Wildman–Crippen MR) is 64.8 cm³/mol. The van der Waals surface area contributed by atoms with E-state index in [0.29, 0.717) is 17.0 Å². The Morgan fingerprint density at radius 3 is 2.88 bits per heavy atom. The molecule has 1 aromatic carbocycles. The fourth-order valence-electron chi connectivity index (χ4n) is 1.59. The smallest absolute Gasteiger partial charge is 0.265 e. The number of halogens is 1. The van der Waals surface area contributed by atoms with E-state index < -0.39 is 11.5 Å². The standard InChI is InChI=1S/C12H12ClNO3/c1-6(13)11(15)8-3-4-10-9(5-8)14-12(16)7(2)17-10/h3-7H,1-2H3,(H,14,16)/t6-,7-/m1/s1. The van der Waals surface area contributed by atoms with Gasteiger partial charge in [-0.15, -0.1) is 11.6 Å². The van der Waals surface area contributed by atoms with Crippen LogP contribution in [0.25, 0.3) is 0 Å². The van der Waals surface area contributed by atoms with Crippen molar-refractivity contribution in [2.24, 2.45) is 0 Å². The third-order valence-corrected chi connectivity index (χ3v) is 2.75. The summed E-state index contributed by atoms with van der Waals surface area (Å²) in [5, 5.41) is 2.09. The zero-order chi connectivity index (χ0) is 12.6. The second-order valence-electron chi connectivity index (χ2n) is 3.94. The monoisotopic (exact) mass is 253 g/mol. The van der Waals surface area contributed by atoms with Crippen LogP contribution >= 0.6 is 11.6 Å². The average molecular weight is 254 g/mol. The molecule has 0 unspecified atom stereocenters. The van der Waals surface area contributed by atoms with Crippen molar-refractivity contribution in [2.75, 3.05) is 5.32 Å². The van der Waals surface area contributed by atoms with E-state index in [-0.39, 0.29) is 11.7 Å². The molecular formula is C12H12ClNO3. The molecule has 1 heterocycles. The van der Waals surface area contributed by atoms with Gasteiger partial charge in [-0.05, 0) is 32.0 Å². The zero-order valence-electron chi connectivity index (χ0n) is 9.49. The van der Waals surface area contributed by atoms with Crippen molar-refractivity contribution >= 4 is 29.0 Å². The topological polar surface area (TPSA) is 55.4 Å². The summed E-state index contributed by atoms with van der Waals surface area (Å²) in [6.45, 7) is 3.28. The first-order valence-corrected chi connectivity index (χ1v) is 5.72. The summed E-state index contributed by atoms with van der Waals surface area (Å²) in [5.74, 6) is 0.166. The summed E-state index contributed by atoms with van der Waals surface area (Å²) in [6, 6.07) is 4.89. The number of carbonyl (C=O) groups excluding carboxylic acids is 2. The van der Waals surface area contributed by atoms with E-state index in [1.54, 1.807) is 32.0 Å². The zero-order valence-corrected chi connectivity index (χ0v) is 10.2. The molecule has 1 N–H and O–H groups in total. The van der Waals surface area contributed by atoms with Crippen LogP contribution in [0.1, 0.15) is 24.2 Å². The van der Waals surface area contributed by atoms with Crippen LogP contribution in [0, 0.1) is 0 Å². The fourth-order valence-corrected chi connectivity index (χ4v) is 1.72. The van der Waals surface area contributed by atoms with Crippen LogP contribution in [0.2, 0.25) is 0 Å². The van der Waals surface area contributed by atoms with Gasteiger partial charge in [0, 0.05) is 5.56 Å². The number of nitrogens with one attached hydrogen (secondary N) is 1. The van der Waals surface area contributed by atoms with Gasteiger partial charge in [0.1, 0.15) is 5.75 Å².